The van der Waals surface area contributed by atoms with Gasteiger partial charge in [-0.1, -0.05) is 6.92 Å². The zero-order chi connectivity index (χ0) is 16.0. The van der Waals surface area contributed by atoms with Gasteiger partial charge in [-0.2, -0.15) is 0 Å². The molecule has 114 valence electrons. The van der Waals surface area contributed by atoms with Crippen LogP contribution in [0.5, 0.6) is 0 Å². The van der Waals surface area contributed by atoms with Gasteiger partial charge in [0.15, 0.2) is 0 Å². The van der Waals surface area contributed by atoms with Crippen molar-refractivity contribution in [3.63, 3.8) is 0 Å². The van der Waals surface area contributed by atoms with Gasteiger partial charge in [0, 0.05) is 22.7 Å². The largest absolute Gasteiger partial charge is 0.366 e. The molecule has 7 nitrogen and oxygen atoms in total. The van der Waals surface area contributed by atoms with E-state index in [9.17, 15) is 14.4 Å². The minimum Gasteiger partial charge on any atom is -0.366 e. The first-order valence-electron chi connectivity index (χ1n) is 6.60. The summed E-state index contributed by atoms with van der Waals surface area (Å²) in [5.74, 6) is -1.86. The minimum atomic E-state index is -0.704. The molecule has 1 atom stereocenters. The van der Waals surface area contributed by atoms with Crippen LogP contribution in [0.2, 0.25) is 0 Å². The van der Waals surface area contributed by atoms with Crippen molar-refractivity contribution in [1.82, 2.24) is 0 Å². The molecular weight excluding hydrogens is 272 g/mol. The van der Waals surface area contributed by atoms with Crippen LogP contribution in [-0.4, -0.2) is 24.3 Å². The van der Waals surface area contributed by atoms with Crippen LogP contribution in [0, 0.1) is 5.92 Å². The van der Waals surface area contributed by atoms with E-state index in [1.54, 1.807) is 6.92 Å². The maximum atomic E-state index is 12.0. The van der Waals surface area contributed by atoms with Crippen LogP contribution in [0.3, 0.4) is 0 Å². The quantitative estimate of drug-likeness (QED) is 0.569. The van der Waals surface area contributed by atoms with Crippen LogP contribution in [0.25, 0.3) is 0 Å². The molecular formula is C14H20N4O3. The Morgan fingerprint density at radius 2 is 1.62 bits per heavy atom. The smallest absolute Gasteiger partial charge is 0.248 e. The number of amides is 3. The number of hydrogen-bond donors (Lipinski definition) is 4. The summed E-state index contributed by atoms with van der Waals surface area (Å²) >= 11 is 0. The van der Waals surface area contributed by atoms with Gasteiger partial charge in [-0.25, -0.2) is 0 Å². The third-order valence-electron chi connectivity index (χ3n) is 3.06. The second kappa shape index (κ2) is 7.39. The highest BCUT2D eigenvalue weighted by Crippen LogP contribution is 2.17. The van der Waals surface area contributed by atoms with E-state index in [0.717, 1.165) is 6.42 Å². The van der Waals surface area contributed by atoms with Crippen LogP contribution in [0.15, 0.2) is 18.2 Å². The highest BCUT2D eigenvalue weighted by molar-refractivity contribution is 6.01. The zero-order valence-electron chi connectivity index (χ0n) is 11.9. The molecule has 0 bridgehead atoms. The molecule has 1 unspecified atom stereocenters. The van der Waals surface area contributed by atoms with Gasteiger partial charge < -0.3 is 22.5 Å². The third-order valence-corrected chi connectivity index (χ3v) is 3.06. The molecule has 0 aliphatic rings. The average Bonchev–Trinajstić information content (AvgIpc) is 2.44. The molecule has 1 aromatic rings. The van der Waals surface area contributed by atoms with E-state index in [1.165, 1.54) is 18.2 Å². The fourth-order valence-electron chi connectivity index (χ4n) is 1.80. The van der Waals surface area contributed by atoms with Crippen LogP contribution in [0.4, 0.5) is 5.69 Å². The molecule has 0 fully saturated rings. The molecule has 0 aliphatic carbocycles. The fourth-order valence-corrected chi connectivity index (χ4v) is 1.80. The first-order chi connectivity index (χ1) is 9.85. The Hall–Kier alpha value is -2.41. The maximum Gasteiger partial charge on any atom is 0.248 e. The molecule has 1 aromatic carbocycles. The van der Waals surface area contributed by atoms with Crippen molar-refractivity contribution < 1.29 is 14.4 Å². The minimum absolute atomic E-state index is 0.108. The Bertz CT molecular complexity index is 525. The number of rotatable bonds is 7. The highest BCUT2D eigenvalue weighted by Gasteiger charge is 2.15. The SMILES string of the molecule is CC(CCCN)C(=O)Nc1cc(C(N)=O)cc(C(N)=O)c1. The predicted molar refractivity (Wildman–Crippen MR) is 79.6 cm³/mol. The lowest BCUT2D eigenvalue weighted by atomic mass is 10.0. The van der Waals surface area contributed by atoms with Crippen LogP contribution >= 0.6 is 0 Å². The number of primary amides is 2. The van der Waals surface area contributed by atoms with Crippen LogP contribution in [0.1, 0.15) is 40.5 Å². The van der Waals surface area contributed by atoms with Gasteiger partial charge in [-0.15, -0.1) is 0 Å². The number of carbonyl (C=O) groups excluding carboxylic acids is 3. The van der Waals surface area contributed by atoms with E-state index in [1.807, 2.05) is 0 Å². The summed E-state index contributed by atoms with van der Waals surface area (Å²) in [5.41, 5.74) is 16.3. The summed E-state index contributed by atoms with van der Waals surface area (Å²) in [6, 6.07) is 4.10. The molecule has 0 heterocycles. The van der Waals surface area contributed by atoms with Crippen molar-refractivity contribution in [3.05, 3.63) is 29.3 Å². The van der Waals surface area contributed by atoms with E-state index in [4.69, 9.17) is 17.2 Å². The summed E-state index contributed by atoms with van der Waals surface area (Å²) in [5, 5.41) is 2.65. The predicted octanol–water partition coefficient (Wildman–Crippen LogP) is 0.198. The lowest BCUT2D eigenvalue weighted by Crippen LogP contribution is -2.22. The van der Waals surface area contributed by atoms with Gasteiger partial charge in [0.1, 0.15) is 0 Å². The average molecular weight is 292 g/mol. The van der Waals surface area contributed by atoms with Crippen molar-refractivity contribution in [2.75, 3.05) is 11.9 Å². The number of benzene rings is 1. The van der Waals surface area contributed by atoms with Crippen molar-refractivity contribution in [2.45, 2.75) is 19.8 Å². The summed E-state index contributed by atoms with van der Waals surface area (Å²) in [7, 11) is 0. The topological polar surface area (TPSA) is 141 Å². The number of anilines is 1. The van der Waals surface area contributed by atoms with Gasteiger partial charge in [0.2, 0.25) is 17.7 Å². The standard InChI is InChI=1S/C14H20N4O3/c1-8(3-2-4-15)14(21)18-11-6-9(12(16)19)5-10(7-11)13(17)20/h5-8H,2-4,15H2,1H3,(H2,16,19)(H2,17,20)(H,18,21). The summed E-state index contributed by atoms with van der Waals surface area (Å²) < 4.78 is 0. The molecule has 1 rings (SSSR count). The lowest BCUT2D eigenvalue weighted by molar-refractivity contribution is -0.119. The van der Waals surface area contributed by atoms with E-state index >= 15 is 0 Å². The van der Waals surface area contributed by atoms with Crippen molar-refractivity contribution in [2.24, 2.45) is 23.1 Å². The summed E-state index contributed by atoms with van der Waals surface area (Å²) in [6.45, 7) is 2.29. The van der Waals surface area contributed by atoms with Crippen LogP contribution < -0.4 is 22.5 Å². The highest BCUT2D eigenvalue weighted by atomic mass is 16.2. The number of nitrogens with one attached hydrogen (secondary N) is 1. The Morgan fingerprint density at radius 1 is 1.10 bits per heavy atom. The van der Waals surface area contributed by atoms with E-state index in [0.29, 0.717) is 18.7 Å². The Labute approximate surface area is 122 Å². The van der Waals surface area contributed by atoms with Gasteiger partial charge in [-0.05, 0) is 37.6 Å². The summed E-state index contributed by atoms with van der Waals surface area (Å²) in [4.78, 5) is 34.5. The van der Waals surface area contributed by atoms with Gasteiger partial charge >= 0.3 is 0 Å². The Kier molecular flexibility index (Phi) is 5.86. The monoisotopic (exact) mass is 292 g/mol. The number of carbonyl (C=O) groups is 3. The molecule has 3 amide bonds. The Balaban J connectivity index is 2.94. The van der Waals surface area contributed by atoms with E-state index in [2.05, 4.69) is 5.32 Å². The number of nitrogens with two attached hydrogens (primary N) is 3. The van der Waals surface area contributed by atoms with Gasteiger partial charge in [0.05, 0.1) is 0 Å². The van der Waals surface area contributed by atoms with Crippen LogP contribution in [-0.2, 0) is 4.79 Å². The molecule has 7 heteroatoms. The first-order valence-corrected chi connectivity index (χ1v) is 6.60. The molecule has 21 heavy (non-hydrogen) atoms. The van der Waals surface area contributed by atoms with Gasteiger partial charge in [0.25, 0.3) is 0 Å². The molecule has 0 aliphatic heterocycles. The second-order valence-electron chi connectivity index (χ2n) is 4.85. The van der Waals surface area contributed by atoms with Gasteiger partial charge in [-0.3, -0.25) is 14.4 Å². The van der Waals surface area contributed by atoms with E-state index < -0.39 is 11.8 Å². The van der Waals surface area contributed by atoms with Crippen molar-refractivity contribution in [3.8, 4) is 0 Å². The lowest BCUT2D eigenvalue weighted by Gasteiger charge is -2.13. The third kappa shape index (κ3) is 4.88. The normalized spacial score (nSPS) is 11.7. The maximum absolute atomic E-state index is 12.0. The van der Waals surface area contributed by atoms with Crippen molar-refractivity contribution in [1.29, 1.82) is 0 Å². The fraction of sp³-hybridized carbons (Fsp3) is 0.357. The first kappa shape index (κ1) is 16.6. The molecule has 0 spiro atoms. The van der Waals surface area contributed by atoms with Crippen molar-refractivity contribution >= 4 is 23.4 Å². The zero-order valence-corrected chi connectivity index (χ0v) is 11.9. The molecule has 0 aromatic heterocycles. The number of hydrogen-bond acceptors (Lipinski definition) is 4. The van der Waals surface area contributed by atoms with E-state index in [-0.39, 0.29) is 23.0 Å². The molecule has 7 N–H and O–H groups in total. The molecule has 0 saturated carbocycles. The molecule has 0 radical (unpaired) electrons. The second-order valence-corrected chi connectivity index (χ2v) is 4.85. The Morgan fingerprint density at radius 3 is 2.05 bits per heavy atom. The summed E-state index contributed by atoms with van der Waals surface area (Å²) in [6.07, 6.45) is 1.39. The molecule has 0 saturated heterocycles.